The standard InChI is InChI=1S/C11H13BrO2/c12-9-3-1-2-8(6-9)10-4-5-14-7-11(10)13/h1-3,6,10-11,13H,4-5,7H2. The van der Waals surface area contributed by atoms with Crippen LogP contribution in [-0.4, -0.2) is 24.4 Å². The van der Waals surface area contributed by atoms with Crippen molar-refractivity contribution in [2.45, 2.75) is 18.4 Å². The van der Waals surface area contributed by atoms with Crippen LogP contribution in [-0.2, 0) is 4.74 Å². The molecular formula is C11H13BrO2. The van der Waals surface area contributed by atoms with Gasteiger partial charge in [0, 0.05) is 17.0 Å². The molecule has 1 aromatic carbocycles. The monoisotopic (exact) mass is 256 g/mol. The molecule has 1 aliphatic rings. The van der Waals surface area contributed by atoms with Crippen LogP contribution in [0.3, 0.4) is 0 Å². The smallest absolute Gasteiger partial charge is 0.0842 e. The quantitative estimate of drug-likeness (QED) is 0.836. The van der Waals surface area contributed by atoms with Crippen molar-refractivity contribution in [3.63, 3.8) is 0 Å². The van der Waals surface area contributed by atoms with Gasteiger partial charge in [-0.15, -0.1) is 0 Å². The lowest BCUT2D eigenvalue weighted by Crippen LogP contribution is -2.30. The minimum atomic E-state index is -0.363. The summed E-state index contributed by atoms with van der Waals surface area (Å²) in [5.41, 5.74) is 1.19. The maximum absolute atomic E-state index is 9.77. The van der Waals surface area contributed by atoms with Gasteiger partial charge in [0.15, 0.2) is 0 Å². The summed E-state index contributed by atoms with van der Waals surface area (Å²) in [7, 11) is 0. The van der Waals surface area contributed by atoms with Gasteiger partial charge in [0.2, 0.25) is 0 Å². The Morgan fingerprint density at radius 2 is 2.29 bits per heavy atom. The summed E-state index contributed by atoms with van der Waals surface area (Å²) in [5, 5.41) is 9.77. The van der Waals surface area contributed by atoms with E-state index in [1.165, 1.54) is 5.56 Å². The van der Waals surface area contributed by atoms with Crippen molar-refractivity contribution in [1.82, 2.24) is 0 Å². The Balaban J connectivity index is 2.20. The van der Waals surface area contributed by atoms with Crippen LogP contribution < -0.4 is 0 Å². The van der Waals surface area contributed by atoms with Crippen LogP contribution in [0.15, 0.2) is 28.7 Å². The first-order valence-electron chi connectivity index (χ1n) is 4.78. The molecule has 2 atom stereocenters. The van der Waals surface area contributed by atoms with Gasteiger partial charge in [-0.25, -0.2) is 0 Å². The zero-order valence-corrected chi connectivity index (χ0v) is 9.40. The summed E-state index contributed by atoms with van der Waals surface area (Å²) >= 11 is 3.44. The molecule has 0 bridgehead atoms. The van der Waals surface area contributed by atoms with Crippen molar-refractivity contribution < 1.29 is 9.84 Å². The van der Waals surface area contributed by atoms with Crippen LogP contribution in [0.4, 0.5) is 0 Å². The van der Waals surface area contributed by atoms with Crippen LogP contribution in [0.1, 0.15) is 17.9 Å². The zero-order valence-electron chi connectivity index (χ0n) is 7.82. The molecule has 2 rings (SSSR count). The van der Waals surface area contributed by atoms with Crippen molar-refractivity contribution in [2.24, 2.45) is 0 Å². The van der Waals surface area contributed by atoms with Gasteiger partial charge in [-0.1, -0.05) is 28.1 Å². The number of halogens is 1. The lowest BCUT2D eigenvalue weighted by atomic mass is 9.89. The van der Waals surface area contributed by atoms with Crippen molar-refractivity contribution in [1.29, 1.82) is 0 Å². The van der Waals surface area contributed by atoms with Gasteiger partial charge in [0.1, 0.15) is 0 Å². The highest BCUT2D eigenvalue weighted by Crippen LogP contribution is 2.28. The molecule has 1 aliphatic heterocycles. The molecular weight excluding hydrogens is 244 g/mol. The number of hydrogen-bond donors (Lipinski definition) is 1. The second-order valence-corrected chi connectivity index (χ2v) is 4.51. The number of rotatable bonds is 1. The second-order valence-electron chi connectivity index (χ2n) is 3.59. The molecule has 0 spiro atoms. The number of aliphatic hydroxyl groups is 1. The maximum atomic E-state index is 9.77. The van der Waals surface area contributed by atoms with Gasteiger partial charge < -0.3 is 9.84 Å². The number of ether oxygens (including phenoxy) is 1. The lowest BCUT2D eigenvalue weighted by molar-refractivity contribution is -0.0205. The molecule has 0 amide bonds. The average molecular weight is 257 g/mol. The highest BCUT2D eigenvalue weighted by molar-refractivity contribution is 9.10. The van der Waals surface area contributed by atoms with Crippen LogP contribution in [0.25, 0.3) is 0 Å². The molecule has 1 fully saturated rings. The molecule has 1 heterocycles. The third kappa shape index (κ3) is 2.16. The summed E-state index contributed by atoms with van der Waals surface area (Å²) in [6.45, 7) is 1.20. The third-order valence-electron chi connectivity index (χ3n) is 2.60. The lowest BCUT2D eigenvalue weighted by Gasteiger charge is -2.28. The summed E-state index contributed by atoms with van der Waals surface area (Å²) in [6.07, 6.45) is 0.537. The fourth-order valence-electron chi connectivity index (χ4n) is 1.85. The Morgan fingerprint density at radius 1 is 1.43 bits per heavy atom. The molecule has 1 N–H and O–H groups in total. The fourth-order valence-corrected chi connectivity index (χ4v) is 2.27. The summed E-state index contributed by atoms with van der Waals surface area (Å²) in [5.74, 6) is 0.223. The van der Waals surface area contributed by atoms with Gasteiger partial charge in [0.05, 0.1) is 12.7 Å². The molecule has 2 unspecified atom stereocenters. The highest BCUT2D eigenvalue weighted by Gasteiger charge is 2.24. The first kappa shape index (κ1) is 10.1. The Bertz CT molecular complexity index is 314. The second kappa shape index (κ2) is 4.43. The molecule has 2 nitrogen and oxygen atoms in total. The SMILES string of the molecule is OC1COCCC1c1cccc(Br)c1. The number of hydrogen-bond acceptors (Lipinski definition) is 2. The molecule has 3 heteroatoms. The van der Waals surface area contributed by atoms with E-state index in [2.05, 4.69) is 28.1 Å². The van der Waals surface area contributed by atoms with E-state index < -0.39 is 0 Å². The van der Waals surface area contributed by atoms with Gasteiger partial charge in [-0.3, -0.25) is 0 Å². The van der Waals surface area contributed by atoms with E-state index in [1.54, 1.807) is 0 Å². The molecule has 0 radical (unpaired) electrons. The molecule has 0 saturated carbocycles. The van der Waals surface area contributed by atoms with E-state index in [9.17, 15) is 5.11 Å². The number of aliphatic hydroxyl groups excluding tert-OH is 1. The predicted molar refractivity (Wildman–Crippen MR) is 58.3 cm³/mol. The summed E-state index contributed by atoms with van der Waals surface area (Å²) in [6, 6.07) is 8.12. The largest absolute Gasteiger partial charge is 0.390 e. The van der Waals surface area contributed by atoms with E-state index in [-0.39, 0.29) is 12.0 Å². The molecule has 76 valence electrons. The molecule has 0 aliphatic carbocycles. The minimum absolute atomic E-state index is 0.223. The first-order valence-corrected chi connectivity index (χ1v) is 5.58. The van der Waals surface area contributed by atoms with Crippen molar-refractivity contribution in [3.05, 3.63) is 34.3 Å². The Hall–Kier alpha value is -0.380. The van der Waals surface area contributed by atoms with Crippen LogP contribution in [0, 0.1) is 0 Å². The normalized spacial score (nSPS) is 27.6. The molecule has 1 aromatic rings. The first-order chi connectivity index (χ1) is 6.77. The van der Waals surface area contributed by atoms with Gasteiger partial charge in [-0.2, -0.15) is 0 Å². The Morgan fingerprint density at radius 3 is 3.00 bits per heavy atom. The van der Waals surface area contributed by atoms with Crippen LogP contribution >= 0.6 is 15.9 Å². The van der Waals surface area contributed by atoms with Gasteiger partial charge in [0.25, 0.3) is 0 Å². The van der Waals surface area contributed by atoms with Gasteiger partial charge >= 0.3 is 0 Å². The molecule has 14 heavy (non-hydrogen) atoms. The van der Waals surface area contributed by atoms with Crippen molar-refractivity contribution in [2.75, 3.05) is 13.2 Å². The molecule has 1 saturated heterocycles. The van der Waals surface area contributed by atoms with Gasteiger partial charge in [-0.05, 0) is 24.1 Å². The highest BCUT2D eigenvalue weighted by atomic mass is 79.9. The van der Waals surface area contributed by atoms with Crippen molar-refractivity contribution in [3.8, 4) is 0 Å². The summed E-state index contributed by atoms with van der Waals surface area (Å²) < 4.78 is 6.27. The minimum Gasteiger partial charge on any atom is -0.390 e. The van der Waals surface area contributed by atoms with Crippen LogP contribution in [0.5, 0.6) is 0 Å². The molecule has 0 aromatic heterocycles. The predicted octanol–water partition coefficient (Wildman–Crippen LogP) is 2.31. The van der Waals surface area contributed by atoms with Crippen molar-refractivity contribution >= 4 is 15.9 Å². The van der Waals surface area contributed by atoms with E-state index in [1.807, 2.05) is 12.1 Å². The number of benzene rings is 1. The van der Waals surface area contributed by atoms with E-state index in [0.29, 0.717) is 6.61 Å². The Kier molecular flexibility index (Phi) is 3.21. The zero-order chi connectivity index (χ0) is 9.97. The average Bonchev–Trinajstić information content (AvgIpc) is 2.18. The van der Waals surface area contributed by atoms with Crippen LogP contribution in [0.2, 0.25) is 0 Å². The van der Waals surface area contributed by atoms with E-state index in [0.717, 1.165) is 17.5 Å². The topological polar surface area (TPSA) is 29.5 Å². The maximum Gasteiger partial charge on any atom is 0.0842 e. The third-order valence-corrected chi connectivity index (χ3v) is 3.10. The Labute approximate surface area is 92.0 Å². The fraction of sp³-hybridized carbons (Fsp3) is 0.455. The van der Waals surface area contributed by atoms with E-state index in [4.69, 9.17) is 4.74 Å². The van der Waals surface area contributed by atoms with E-state index >= 15 is 0 Å². The summed E-state index contributed by atoms with van der Waals surface area (Å²) in [4.78, 5) is 0.